The fraction of sp³-hybridized carbons (Fsp3) is 0.355. The minimum Gasteiger partial charge on any atom is -0.493 e. The second-order valence-electron chi connectivity index (χ2n) is 10.1. The van der Waals surface area contributed by atoms with Gasteiger partial charge in [-0.2, -0.15) is 0 Å². The van der Waals surface area contributed by atoms with Gasteiger partial charge in [0.05, 0.1) is 19.1 Å². The summed E-state index contributed by atoms with van der Waals surface area (Å²) in [5.74, 6) is 0.141. The van der Waals surface area contributed by atoms with Crippen LogP contribution < -0.4 is 19.7 Å². The average molecular weight is 546 g/mol. The van der Waals surface area contributed by atoms with Crippen molar-refractivity contribution in [1.82, 2.24) is 5.32 Å². The van der Waals surface area contributed by atoms with Crippen LogP contribution in [0, 0.1) is 24.0 Å². The highest BCUT2D eigenvalue weighted by molar-refractivity contribution is 6.11. The maximum Gasteiger partial charge on any atom is 0.269 e. The van der Waals surface area contributed by atoms with Crippen LogP contribution in [0.1, 0.15) is 65.2 Å². The summed E-state index contributed by atoms with van der Waals surface area (Å²) < 4.78 is 10.9. The topological polar surface area (TPSA) is 111 Å². The highest BCUT2D eigenvalue weighted by Gasteiger charge is 2.36. The molecule has 3 aromatic rings. The minimum atomic E-state index is -1.10. The van der Waals surface area contributed by atoms with Crippen molar-refractivity contribution < 1.29 is 24.0 Å². The number of nitro groups is 1. The lowest BCUT2D eigenvalue weighted by Gasteiger charge is -2.34. The van der Waals surface area contributed by atoms with Gasteiger partial charge in [-0.3, -0.25) is 24.6 Å². The van der Waals surface area contributed by atoms with Crippen LogP contribution in [0.25, 0.3) is 0 Å². The molecule has 0 spiro atoms. The second kappa shape index (κ2) is 12.6. The first-order valence-corrected chi connectivity index (χ1v) is 13.4. The van der Waals surface area contributed by atoms with Gasteiger partial charge in [-0.1, -0.05) is 37.0 Å². The molecule has 9 heteroatoms. The summed E-state index contributed by atoms with van der Waals surface area (Å²) in [6, 6.07) is 15.3. The summed E-state index contributed by atoms with van der Waals surface area (Å²) >= 11 is 0. The van der Waals surface area contributed by atoms with Gasteiger partial charge in [0.25, 0.3) is 11.6 Å². The molecule has 1 aliphatic carbocycles. The number of carbonyl (C=O) groups is 2. The molecule has 40 heavy (non-hydrogen) atoms. The van der Waals surface area contributed by atoms with E-state index in [4.69, 9.17) is 9.47 Å². The number of carbonyl (C=O) groups excluding carboxylic acids is 2. The normalized spacial score (nSPS) is 14.2. The van der Waals surface area contributed by atoms with Crippen molar-refractivity contribution in [2.24, 2.45) is 0 Å². The lowest BCUT2D eigenvalue weighted by Crippen LogP contribution is -2.47. The number of aryl methyl sites for hydroxylation is 2. The van der Waals surface area contributed by atoms with Crippen LogP contribution in [0.3, 0.4) is 0 Å². The van der Waals surface area contributed by atoms with E-state index in [1.54, 1.807) is 24.3 Å². The predicted molar refractivity (Wildman–Crippen MR) is 153 cm³/mol. The number of ether oxygens (including phenoxy) is 2. The van der Waals surface area contributed by atoms with Crippen molar-refractivity contribution in [3.8, 4) is 11.5 Å². The zero-order chi connectivity index (χ0) is 28.8. The molecule has 0 saturated heterocycles. The summed E-state index contributed by atoms with van der Waals surface area (Å²) in [7, 11) is 3.02. The van der Waals surface area contributed by atoms with Crippen LogP contribution in [-0.4, -0.2) is 37.0 Å². The molecule has 210 valence electrons. The van der Waals surface area contributed by atoms with Gasteiger partial charge in [-0.15, -0.1) is 0 Å². The lowest BCUT2D eigenvalue weighted by molar-refractivity contribution is -0.384. The standard InChI is InChI=1S/C31H35N3O6/c1-20-10-11-21(2)26(18-20)31(36)33(25-16-17-27(39-3)28(19-25)40-4)29(22-12-14-24(15-13-22)34(37)38)30(35)32-23-8-6-5-7-9-23/h10-19,23,29H,5-9H2,1-4H3,(H,32,35). The minimum absolute atomic E-state index is 0.00939. The van der Waals surface area contributed by atoms with Crippen LogP contribution in [0.5, 0.6) is 11.5 Å². The van der Waals surface area contributed by atoms with Gasteiger partial charge in [0.15, 0.2) is 11.5 Å². The molecule has 9 nitrogen and oxygen atoms in total. The number of nitrogens with zero attached hydrogens (tertiary/aromatic N) is 2. The summed E-state index contributed by atoms with van der Waals surface area (Å²) in [6.45, 7) is 3.75. The third kappa shape index (κ3) is 6.25. The van der Waals surface area contributed by atoms with Crippen LogP contribution in [-0.2, 0) is 4.79 Å². The number of benzene rings is 3. The summed E-state index contributed by atoms with van der Waals surface area (Å²) in [6.07, 6.45) is 4.89. The number of nitro benzene ring substituents is 1. The first kappa shape index (κ1) is 28.6. The van der Waals surface area contributed by atoms with E-state index in [0.717, 1.165) is 43.2 Å². The second-order valence-corrected chi connectivity index (χ2v) is 10.1. The quantitative estimate of drug-likeness (QED) is 0.258. The monoisotopic (exact) mass is 545 g/mol. The van der Waals surface area contributed by atoms with Gasteiger partial charge in [0.1, 0.15) is 6.04 Å². The van der Waals surface area contributed by atoms with Crippen molar-refractivity contribution in [3.05, 3.63) is 93.0 Å². The Morgan fingerprint density at radius 3 is 2.23 bits per heavy atom. The van der Waals surface area contributed by atoms with Crippen molar-refractivity contribution in [2.45, 2.75) is 58.0 Å². The number of hydrogen-bond acceptors (Lipinski definition) is 6. The zero-order valence-electron chi connectivity index (χ0n) is 23.3. The Hall–Kier alpha value is -4.40. The molecule has 1 aliphatic rings. The van der Waals surface area contributed by atoms with Crippen molar-refractivity contribution >= 4 is 23.2 Å². The van der Waals surface area contributed by atoms with Crippen molar-refractivity contribution in [3.63, 3.8) is 0 Å². The van der Waals surface area contributed by atoms with E-state index in [1.165, 1.54) is 43.4 Å². The number of amides is 2. The molecule has 2 amide bonds. The van der Waals surface area contributed by atoms with E-state index in [-0.39, 0.29) is 23.5 Å². The van der Waals surface area contributed by atoms with E-state index in [1.807, 2.05) is 26.0 Å². The van der Waals surface area contributed by atoms with Crippen molar-refractivity contribution in [1.29, 1.82) is 0 Å². The lowest BCUT2D eigenvalue weighted by atomic mass is 9.94. The fourth-order valence-electron chi connectivity index (χ4n) is 5.18. The summed E-state index contributed by atoms with van der Waals surface area (Å²) in [4.78, 5) is 40.9. The van der Waals surface area contributed by atoms with Crippen LogP contribution in [0.15, 0.2) is 60.7 Å². The number of anilines is 1. The molecular formula is C31H35N3O6. The Kier molecular flexibility index (Phi) is 9.04. The third-order valence-electron chi connectivity index (χ3n) is 7.37. The Bertz CT molecular complexity index is 1380. The molecule has 0 radical (unpaired) electrons. The molecule has 3 aromatic carbocycles. The van der Waals surface area contributed by atoms with E-state index < -0.39 is 11.0 Å². The summed E-state index contributed by atoms with van der Waals surface area (Å²) in [5, 5.41) is 14.5. The predicted octanol–water partition coefficient (Wildman–Crippen LogP) is 6.07. The van der Waals surface area contributed by atoms with Crippen LogP contribution in [0.2, 0.25) is 0 Å². The molecule has 1 fully saturated rings. The number of non-ortho nitro benzene ring substituents is 1. The molecular weight excluding hydrogens is 510 g/mol. The van der Waals surface area contributed by atoms with Gasteiger partial charge >= 0.3 is 0 Å². The Balaban J connectivity index is 1.90. The van der Waals surface area contributed by atoms with Crippen LogP contribution >= 0.6 is 0 Å². The largest absolute Gasteiger partial charge is 0.493 e. The summed E-state index contributed by atoms with van der Waals surface area (Å²) in [5.41, 5.74) is 2.88. The number of nitrogens with one attached hydrogen (secondary N) is 1. The van der Waals surface area contributed by atoms with E-state index in [0.29, 0.717) is 28.3 Å². The number of methoxy groups -OCH3 is 2. The fourth-order valence-corrected chi connectivity index (χ4v) is 5.18. The Morgan fingerprint density at radius 2 is 1.60 bits per heavy atom. The molecule has 1 atom stereocenters. The van der Waals surface area contributed by atoms with Gasteiger partial charge in [-0.05, 0) is 68.1 Å². The van der Waals surface area contributed by atoms with E-state index in [2.05, 4.69) is 5.32 Å². The highest BCUT2D eigenvalue weighted by atomic mass is 16.6. The van der Waals surface area contributed by atoms with Gasteiger partial charge in [-0.25, -0.2) is 0 Å². The zero-order valence-corrected chi connectivity index (χ0v) is 23.3. The smallest absolute Gasteiger partial charge is 0.269 e. The van der Waals surface area contributed by atoms with Gasteiger partial charge in [0, 0.05) is 35.5 Å². The Labute approximate surface area is 234 Å². The first-order valence-electron chi connectivity index (χ1n) is 13.4. The molecule has 4 rings (SSSR count). The average Bonchev–Trinajstić information content (AvgIpc) is 2.97. The van der Waals surface area contributed by atoms with Crippen LogP contribution in [0.4, 0.5) is 11.4 Å². The van der Waals surface area contributed by atoms with Gasteiger partial charge in [0.2, 0.25) is 5.91 Å². The van der Waals surface area contributed by atoms with E-state index >= 15 is 0 Å². The molecule has 0 bridgehead atoms. The SMILES string of the molecule is COc1ccc(N(C(=O)c2cc(C)ccc2C)C(C(=O)NC2CCCCC2)c2ccc([N+](=O)[O-])cc2)cc1OC. The molecule has 0 aromatic heterocycles. The van der Waals surface area contributed by atoms with E-state index in [9.17, 15) is 19.7 Å². The third-order valence-corrected chi connectivity index (χ3v) is 7.37. The Morgan fingerprint density at radius 1 is 0.925 bits per heavy atom. The molecule has 0 aliphatic heterocycles. The maximum absolute atomic E-state index is 14.4. The molecule has 0 heterocycles. The molecule has 1 N–H and O–H groups in total. The van der Waals surface area contributed by atoms with Gasteiger partial charge < -0.3 is 14.8 Å². The number of hydrogen-bond donors (Lipinski definition) is 1. The first-order chi connectivity index (χ1) is 19.2. The maximum atomic E-state index is 14.4. The molecule has 1 unspecified atom stereocenters. The molecule has 1 saturated carbocycles. The number of rotatable bonds is 9. The van der Waals surface area contributed by atoms with Crippen molar-refractivity contribution in [2.75, 3.05) is 19.1 Å². The highest BCUT2D eigenvalue weighted by Crippen LogP contribution is 2.37.